The van der Waals surface area contributed by atoms with Crippen LogP contribution in [0.3, 0.4) is 0 Å². The number of rotatable bonds is 5. The standard InChI is InChI=1S/C17H17FN2O2/c18-16-11-15(19)9-8-14(16)7-4-10-20-17(21)22-12-13-5-2-1-3-6-13/h1-9,11H,10,12,19H2,(H,20,21). The summed E-state index contributed by atoms with van der Waals surface area (Å²) in [4.78, 5) is 11.5. The van der Waals surface area contributed by atoms with Crippen LogP contribution in [0.1, 0.15) is 11.1 Å². The normalized spacial score (nSPS) is 10.6. The molecule has 2 aromatic carbocycles. The Morgan fingerprint density at radius 3 is 2.73 bits per heavy atom. The molecule has 0 aliphatic rings. The van der Waals surface area contributed by atoms with E-state index in [1.165, 1.54) is 6.07 Å². The summed E-state index contributed by atoms with van der Waals surface area (Å²) in [5.41, 5.74) is 7.16. The molecule has 0 saturated heterocycles. The highest BCUT2D eigenvalue weighted by Crippen LogP contribution is 2.12. The monoisotopic (exact) mass is 300 g/mol. The van der Waals surface area contributed by atoms with Crippen molar-refractivity contribution in [2.75, 3.05) is 12.3 Å². The predicted octanol–water partition coefficient (Wildman–Crippen LogP) is 3.35. The zero-order valence-electron chi connectivity index (χ0n) is 12.0. The third-order valence-corrected chi connectivity index (χ3v) is 2.90. The molecule has 1 amide bonds. The lowest BCUT2D eigenvalue weighted by atomic mass is 10.2. The van der Waals surface area contributed by atoms with Crippen molar-refractivity contribution >= 4 is 17.9 Å². The molecule has 114 valence electrons. The molecule has 22 heavy (non-hydrogen) atoms. The summed E-state index contributed by atoms with van der Waals surface area (Å²) in [5.74, 6) is -0.400. The number of hydrogen-bond donors (Lipinski definition) is 2. The Morgan fingerprint density at radius 1 is 1.23 bits per heavy atom. The maximum absolute atomic E-state index is 13.5. The quantitative estimate of drug-likeness (QED) is 0.832. The summed E-state index contributed by atoms with van der Waals surface area (Å²) in [6.07, 6.45) is 2.69. The topological polar surface area (TPSA) is 64.3 Å². The number of amides is 1. The van der Waals surface area contributed by atoms with Crippen LogP contribution in [0.2, 0.25) is 0 Å². The summed E-state index contributed by atoms with van der Waals surface area (Å²) in [6, 6.07) is 13.8. The zero-order valence-corrected chi connectivity index (χ0v) is 12.0. The van der Waals surface area contributed by atoms with E-state index >= 15 is 0 Å². The SMILES string of the molecule is Nc1ccc(C=CCNC(=O)OCc2ccccc2)c(F)c1. The Morgan fingerprint density at radius 2 is 2.00 bits per heavy atom. The van der Waals surface area contributed by atoms with Gasteiger partial charge >= 0.3 is 6.09 Å². The van der Waals surface area contributed by atoms with E-state index in [0.717, 1.165) is 5.56 Å². The Balaban J connectivity index is 1.73. The molecule has 0 heterocycles. The van der Waals surface area contributed by atoms with Crippen LogP contribution >= 0.6 is 0 Å². The minimum Gasteiger partial charge on any atom is -0.445 e. The Kier molecular flexibility index (Phi) is 5.54. The minimum absolute atomic E-state index is 0.211. The first-order chi connectivity index (χ1) is 10.6. The number of benzene rings is 2. The molecule has 0 saturated carbocycles. The van der Waals surface area contributed by atoms with Crippen molar-refractivity contribution in [2.24, 2.45) is 0 Å². The third kappa shape index (κ3) is 4.94. The van der Waals surface area contributed by atoms with Crippen molar-refractivity contribution in [3.05, 3.63) is 71.6 Å². The average Bonchev–Trinajstić information content (AvgIpc) is 2.52. The smallest absolute Gasteiger partial charge is 0.407 e. The van der Waals surface area contributed by atoms with Gasteiger partial charge in [0.05, 0.1) is 0 Å². The molecule has 0 aliphatic carbocycles. The predicted molar refractivity (Wildman–Crippen MR) is 84.5 cm³/mol. The minimum atomic E-state index is -0.522. The largest absolute Gasteiger partial charge is 0.445 e. The van der Waals surface area contributed by atoms with Gasteiger partial charge in [-0.3, -0.25) is 0 Å². The molecule has 5 heteroatoms. The second-order valence-corrected chi connectivity index (χ2v) is 4.63. The molecule has 2 rings (SSSR count). The van der Waals surface area contributed by atoms with Gasteiger partial charge in [0.25, 0.3) is 0 Å². The van der Waals surface area contributed by atoms with Gasteiger partial charge in [-0.15, -0.1) is 0 Å². The molecule has 0 atom stereocenters. The number of nitrogens with two attached hydrogens (primary N) is 1. The molecule has 0 unspecified atom stereocenters. The lowest BCUT2D eigenvalue weighted by Gasteiger charge is -2.05. The number of hydrogen-bond acceptors (Lipinski definition) is 3. The van der Waals surface area contributed by atoms with E-state index in [1.54, 1.807) is 24.3 Å². The van der Waals surface area contributed by atoms with E-state index in [4.69, 9.17) is 10.5 Å². The molecule has 0 aromatic heterocycles. The summed E-state index contributed by atoms with van der Waals surface area (Å²) in [5, 5.41) is 2.56. The van der Waals surface area contributed by atoms with E-state index in [0.29, 0.717) is 11.3 Å². The van der Waals surface area contributed by atoms with Crippen molar-refractivity contribution in [1.82, 2.24) is 5.32 Å². The molecule has 0 fully saturated rings. The molecule has 2 aromatic rings. The number of anilines is 1. The molecule has 0 spiro atoms. The van der Waals surface area contributed by atoms with Crippen LogP contribution in [0.5, 0.6) is 0 Å². The van der Waals surface area contributed by atoms with Gasteiger partial charge in [-0.2, -0.15) is 0 Å². The van der Waals surface area contributed by atoms with Crippen molar-refractivity contribution in [3.8, 4) is 0 Å². The molecular weight excluding hydrogens is 283 g/mol. The Bertz CT molecular complexity index is 657. The van der Waals surface area contributed by atoms with Crippen LogP contribution in [0, 0.1) is 5.82 Å². The van der Waals surface area contributed by atoms with Crippen LogP contribution in [0.4, 0.5) is 14.9 Å². The number of carbonyl (C=O) groups is 1. The van der Waals surface area contributed by atoms with E-state index in [2.05, 4.69) is 5.32 Å². The van der Waals surface area contributed by atoms with E-state index < -0.39 is 11.9 Å². The number of nitrogen functional groups attached to an aromatic ring is 1. The van der Waals surface area contributed by atoms with Gasteiger partial charge in [-0.05, 0) is 17.7 Å². The van der Waals surface area contributed by atoms with Gasteiger partial charge in [0.2, 0.25) is 0 Å². The van der Waals surface area contributed by atoms with Gasteiger partial charge in [0.15, 0.2) is 0 Å². The Hall–Kier alpha value is -2.82. The third-order valence-electron chi connectivity index (χ3n) is 2.90. The van der Waals surface area contributed by atoms with Crippen LogP contribution in [-0.2, 0) is 11.3 Å². The second-order valence-electron chi connectivity index (χ2n) is 4.63. The van der Waals surface area contributed by atoms with Gasteiger partial charge in [-0.25, -0.2) is 9.18 Å². The fraction of sp³-hybridized carbons (Fsp3) is 0.118. The van der Waals surface area contributed by atoms with Crippen LogP contribution in [0.15, 0.2) is 54.6 Å². The number of ether oxygens (including phenoxy) is 1. The van der Waals surface area contributed by atoms with Gasteiger partial charge in [-0.1, -0.05) is 48.6 Å². The van der Waals surface area contributed by atoms with E-state index in [-0.39, 0.29) is 13.2 Å². The maximum atomic E-state index is 13.5. The maximum Gasteiger partial charge on any atom is 0.407 e. The highest BCUT2D eigenvalue weighted by molar-refractivity contribution is 5.67. The lowest BCUT2D eigenvalue weighted by molar-refractivity contribution is 0.141. The Labute approximate surface area is 128 Å². The average molecular weight is 300 g/mol. The molecule has 4 nitrogen and oxygen atoms in total. The summed E-state index contributed by atoms with van der Waals surface area (Å²) < 4.78 is 18.5. The first-order valence-electron chi connectivity index (χ1n) is 6.81. The number of carbonyl (C=O) groups excluding carboxylic acids is 1. The first-order valence-corrected chi connectivity index (χ1v) is 6.81. The van der Waals surface area contributed by atoms with Gasteiger partial charge < -0.3 is 15.8 Å². The van der Waals surface area contributed by atoms with Crippen molar-refractivity contribution < 1.29 is 13.9 Å². The molecule has 0 aliphatic heterocycles. The van der Waals surface area contributed by atoms with Crippen LogP contribution < -0.4 is 11.1 Å². The molecule has 3 N–H and O–H groups in total. The molecule has 0 radical (unpaired) electrons. The second kappa shape index (κ2) is 7.83. The lowest BCUT2D eigenvalue weighted by Crippen LogP contribution is -2.24. The summed E-state index contributed by atoms with van der Waals surface area (Å²) in [7, 11) is 0. The van der Waals surface area contributed by atoms with Crippen molar-refractivity contribution in [2.45, 2.75) is 6.61 Å². The van der Waals surface area contributed by atoms with Crippen LogP contribution in [0.25, 0.3) is 6.08 Å². The first kappa shape index (κ1) is 15.6. The van der Waals surface area contributed by atoms with Crippen molar-refractivity contribution in [3.63, 3.8) is 0 Å². The van der Waals surface area contributed by atoms with E-state index in [9.17, 15) is 9.18 Å². The highest BCUT2D eigenvalue weighted by Gasteiger charge is 2.01. The van der Waals surface area contributed by atoms with Crippen LogP contribution in [-0.4, -0.2) is 12.6 Å². The number of halogens is 1. The van der Waals surface area contributed by atoms with Crippen molar-refractivity contribution in [1.29, 1.82) is 0 Å². The summed E-state index contributed by atoms with van der Waals surface area (Å²) >= 11 is 0. The van der Waals surface area contributed by atoms with Gasteiger partial charge in [0, 0.05) is 17.8 Å². The fourth-order valence-electron chi connectivity index (χ4n) is 1.78. The number of nitrogens with one attached hydrogen (secondary N) is 1. The zero-order chi connectivity index (χ0) is 15.8. The summed E-state index contributed by atoms with van der Waals surface area (Å²) in [6.45, 7) is 0.459. The highest BCUT2D eigenvalue weighted by atomic mass is 19.1. The van der Waals surface area contributed by atoms with E-state index in [1.807, 2.05) is 30.3 Å². The number of alkyl carbamates (subject to hydrolysis) is 1. The molecule has 0 bridgehead atoms. The molecular formula is C17H17FN2O2. The van der Waals surface area contributed by atoms with Gasteiger partial charge in [0.1, 0.15) is 12.4 Å². The fourth-order valence-corrected chi connectivity index (χ4v) is 1.78.